The molecule has 1 amide bonds. The Morgan fingerprint density at radius 3 is 2.36 bits per heavy atom. The van der Waals surface area contributed by atoms with E-state index >= 15 is 0 Å². The summed E-state index contributed by atoms with van der Waals surface area (Å²) in [6, 6.07) is 12.9. The monoisotopic (exact) mass is 553 g/mol. The second kappa shape index (κ2) is 11.2. The SMILES string of the molecule is O=C(COC(=O)c1ccc(NS(=O)(=O)c2ccc(Cl)c([N+](=O)[O-])c2)cc1O)NCc1ccc(Cl)cc1. The van der Waals surface area contributed by atoms with E-state index in [4.69, 9.17) is 27.9 Å². The quantitative estimate of drug-likeness (QED) is 0.204. The summed E-state index contributed by atoms with van der Waals surface area (Å²) in [6.07, 6.45) is 0. The zero-order valence-electron chi connectivity index (χ0n) is 18.1. The number of phenolic OH excluding ortho intramolecular Hbond substituents is 1. The van der Waals surface area contributed by atoms with Crippen LogP contribution in [0.4, 0.5) is 11.4 Å². The van der Waals surface area contributed by atoms with Crippen molar-refractivity contribution in [3.8, 4) is 5.75 Å². The zero-order valence-corrected chi connectivity index (χ0v) is 20.4. The third-order valence-electron chi connectivity index (χ3n) is 4.63. The first-order valence-corrected chi connectivity index (χ1v) is 12.2. The van der Waals surface area contributed by atoms with Crippen molar-refractivity contribution >= 4 is 56.5 Å². The molecule has 0 saturated carbocycles. The highest BCUT2D eigenvalue weighted by molar-refractivity contribution is 7.92. The smallest absolute Gasteiger partial charge is 0.342 e. The number of ether oxygens (including phenoxy) is 1. The minimum Gasteiger partial charge on any atom is -0.507 e. The number of nitrogens with zero attached hydrogens (tertiary/aromatic N) is 1. The highest BCUT2D eigenvalue weighted by Gasteiger charge is 2.22. The number of nitro groups is 1. The first kappa shape index (κ1) is 26.7. The van der Waals surface area contributed by atoms with Gasteiger partial charge in [-0.15, -0.1) is 0 Å². The van der Waals surface area contributed by atoms with E-state index in [2.05, 4.69) is 10.0 Å². The summed E-state index contributed by atoms with van der Waals surface area (Å²) in [4.78, 5) is 33.9. The lowest BCUT2D eigenvalue weighted by molar-refractivity contribution is -0.384. The van der Waals surface area contributed by atoms with Gasteiger partial charge < -0.3 is 15.2 Å². The van der Waals surface area contributed by atoms with Crippen molar-refractivity contribution in [2.75, 3.05) is 11.3 Å². The fourth-order valence-corrected chi connectivity index (χ4v) is 4.23. The van der Waals surface area contributed by atoms with Gasteiger partial charge in [-0.05, 0) is 42.0 Å². The lowest BCUT2D eigenvalue weighted by Gasteiger charge is -2.11. The van der Waals surface area contributed by atoms with Gasteiger partial charge >= 0.3 is 5.97 Å². The minimum absolute atomic E-state index is 0.137. The molecule has 14 heteroatoms. The van der Waals surface area contributed by atoms with Crippen molar-refractivity contribution in [3.05, 3.63) is 92.0 Å². The molecule has 0 radical (unpaired) electrons. The molecule has 0 spiro atoms. The molecule has 188 valence electrons. The van der Waals surface area contributed by atoms with Crippen LogP contribution in [0.2, 0.25) is 10.0 Å². The fourth-order valence-electron chi connectivity index (χ4n) is 2.84. The first-order valence-electron chi connectivity index (χ1n) is 9.94. The molecule has 3 aromatic carbocycles. The topological polar surface area (TPSA) is 165 Å². The summed E-state index contributed by atoms with van der Waals surface area (Å²) in [5.41, 5.74) is -0.270. The molecule has 0 atom stereocenters. The number of nitrogens with one attached hydrogen (secondary N) is 2. The Morgan fingerprint density at radius 1 is 1.03 bits per heavy atom. The number of hydrogen-bond acceptors (Lipinski definition) is 8. The summed E-state index contributed by atoms with van der Waals surface area (Å²) >= 11 is 11.5. The maximum Gasteiger partial charge on any atom is 0.342 e. The number of carbonyl (C=O) groups is 2. The van der Waals surface area contributed by atoms with Crippen LogP contribution in [0.5, 0.6) is 5.75 Å². The van der Waals surface area contributed by atoms with Crippen molar-refractivity contribution in [1.29, 1.82) is 0 Å². The van der Waals surface area contributed by atoms with Gasteiger partial charge in [-0.25, -0.2) is 13.2 Å². The van der Waals surface area contributed by atoms with Crippen molar-refractivity contribution in [2.45, 2.75) is 11.4 Å². The molecule has 0 unspecified atom stereocenters. The second-order valence-electron chi connectivity index (χ2n) is 7.19. The Kier molecular flexibility index (Phi) is 8.35. The van der Waals surface area contributed by atoms with E-state index in [9.17, 15) is 33.2 Å². The van der Waals surface area contributed by atoms with Crippen LogP contribution >= 0.6 is 23.2 Å². The average Bonchev–Trinajstić information content (AvgIpc) is 2.82. The molecule has 0 aliphatic heterocycles. The molecule has 0 aliphatic carbocycles. The molecule has 11 nitrogen and oxygen atoms in total. The number of benzene rings is 3. The van der Waals surface area contributed by atoms with Gasteiger partial charge in [0.25, 0.3) is 21.6 Å². The maximum atomic E-state index is 12.6. The molecule has 0 saturated heterocycles. The molecule has 0 fully saturated rings. The Bertz CT molecular complexity index is 1430. The number of aromatic hydroxyl groups is 1. The van der Waals surface area contributed by atoms with Crippen molar-refractivity contribution in [2.24, 2.45) is 0 Å². The van der Waals surface area contributed by atoms with Gasteiger partial charge in [0.05, 0.1) is 15.5 Å². The van der Waals surface area contributed by atoms with Gasteiger partial charge in [0.2, 0.25) is 0 Å². The lowest BCUT2D eigenvalue weighted by atomic mass is 10.2. The van der Waals surface area contributed by atoms with Crippen LogP contribution in [0.15, 0.2) is 65.6 Å². The van der Waals surface area contributed by atoms with Crippen LogP contribution in [0.3, 0.4) is 0 Å². The normalized spacial score (nSPS) is 10.9. The van der Waals surface area contributed by atoms with Gasteiger partial charge in [-0.3, -0.25) is 19.6 Å². The molecule has 0 aliphatic rings. The zero-order chi connectivity index (χ0) is 26.5. The van der Waals surface area contributed by atoms with E-state index in [1.165, 1.54) is 6.07 Å². The molecule has 0 bridgehead atoms. The largest absolute Gasteiger partial charge is 0.507 e. The summed E-state index contributed by atoms with van der Waals surface area (Å²) in [6.45, 7) is -0.431. The third-order valence-corrected chi connectivity index (χ3v) is 6.58. The molecule has 0 heterocycles. The van der Waals surface area contributed by atoms with Crippen LogP contribution in [0.25, 0.3) is 0 Å². The van der Waals surface area contributed by atoms with Crippen molar-refractivity contribution < 1.29 is 32.8 Å². The number of phenols is 1. The van der Waals surface area contributed by atoms with E-state index < -0.39 is 49.8 Å². The van der Waals surface area contributed by atoms with Crippen LogP contribution in [0.1, 0.15) is 15.9 Å². The second-order valence-corrected chi connectivity index (χ2v) is 9.71. The number of halogens is 2. The van der Waals surface area contributed by atoms with Crippen molar-refractivity contribution in [3.63, 3.8) is 0 Å². The minimum atomic E-state index is -4.29. The molecular formula is C22H17Cl2N3O8S. The van der Waals surface area contributed by atoms with Crippen molar-refractivity contribution in [1.82, 2.24) is 5.32 Å². The Morgan fingerprint density at radius 2 is 1.72 bits per heavy atom. The summed E-state index contributed by atoms with van der Waals surface area (Å²) in [7, 11) is -4.29. The Labute approximate surface area is 214 Å². The highest BCUT2D eigenvalue weighted by Crippen LogP contribution is 2.29. The fraction of sp³-hybridized carbons (Fsp3) is 0.0909. The number of hydrogen-bond donors (Lipinski definition) is 3. The van der Waals surface area contributed by atoms with E-state index in [1.54, 1.807) is 24.3 Å². The Balaban J connectivity index is 1.61. The molecule has 0 aromatic heterocycles. The van der Waals surface area contributed by atoms with E-state index in [-0.39, 0.29) is 22.8 Å². The molecular weight excluding hydrogens is 537 g/mol. The standard InChI is InChI=1S/C22H17Cl2N3O8S/c23-14-3-1-13(2-4-14)11-25-21(29)12-35-22(30)17-7-5-15(9-20(17)28)26-36(33,34)16-6-8-18(24)19(10-16)27(31)32/h1-10,26,28H,11-12H2,(H,25,29). The summed E-state index contributed by atoms with van der Waals surface area (Å²) < 4.78 is 32.2. The van der Waals surface area contributed by atoms with Gasteiger partial charge in [0.15, 0.2) is 6.61 Å². The predicted molar refractivity (Wildman–Crippen MR) is 131 cm³/mol. The Hall–Kier alpha value is -3.87. The lowest BCUT2D eigenvalue weighted by Crippen LogP contribution is -2.28. The van der Waals surface area contributed by atoms with E-state index in [0.29, 0.717) is 5.02 Å². The average molecular weight is 554 g/mol. The van der Waals surface area contributed by atoms with E-state index in [1.807, 2.05) is 0 Å². The van der Waals surface area contributed by atoms with Crippen LogP contribution in [-0.2, 0) is 26.1 Å². The van der Waals surface area contributed by atoms with Crippen LogP contribution < -0.4 is 10.0 Å². The van der Waals surface area contributed by atoms with Crippen LogP contribution in [-0.4, -0.2) is 36.9 Å². The summed E-state index contributed by atoms with van der Waals surface area (Å²) in [5, 5.41) is 24.0. The predicted octanol–water partition coefficient (Wildman–Crippen LogP) is 3.88. The molecule has 36 heavy (non-hydrogen) atoms. The van der Waals surface area contributed by atoms with Gasteiger partial charge in [-0.2, -0.15) is 0 Å². The molecule has 3 rings (SSSR count). The van der Waals surface area contributed by atoms with E-state index in [0.717, 1.165) is 35.9 Å². The summed E-state index contributed by atoms with van der Waals surface area (Å²) in [5.74, 6) is -2.22. The van der Waals surface area contributed by atoms with Gasteiger partial charge in [0, 0.05) is 23.7 Å². The third kappa shape index (κ3) is 6.84. The number of esters is 1. The van der Waals surface area contributed by atoms with Crippen LogP contribution in [0, 0.1) is 10.1 Å². The number of amides is 1. The number of carbonyl (C=O) groups excluding carboxylic acids is 2. The number of sulfonamides is 1. The van der Waals surface area contributed by atoms with Gasteiger partial charge in [0.1, 0.15) is 16.3 Å². The maximum absolute atomic E-state index is 12.6. The molecule has 3 N–H and O–H groups in total. The first-order chi connectivity index (χ1) is 17.0. The number of nitro benzene ring substituents is 1. The molecule has 3 aromatic rings. The highest BCUT2D eigenvalue weighted by atomic mass is 35.5. The number of rotatable bonds is 9. The van der Waals surface area contributed by atoms with Gasteiger partial charge in [-0.1, -0.05) is 35.3 Å². The number of anilines is 1.